The van der Waals surface area contributed by atoms with E-state index in [-0.39, 0.29) is 16.7 Å². The molecule has 0 radical (unpaired) electrons. The molecule has 0 spiro atoms. The summed E-state index contributed by atoms with van der Waals surface area (Å²) in [6, 6.07) is 8.10. The molecule has 0 amide bonds. The minimum absolute atomic E-state index is 0.0596. The monoisotopic (exact) mass is 525 g/mol. The summed E-state index contributed by atoms with van der Waals surface area (Å²) in [5, 5.41) is 15.6. The Labute approximate surface area is 217 Å². The summed E-state index contributed by atoms with van der Waals surface area (Å²) in [5.74, 6) is 0.107. The number of methoxy groups -OCH3 is 1. The number of H-pyrrole nitrogens is 1. The molecule has 1 aliphatic rings. The number of hydrogen-bond acceptors (Lipinski definition) is 8. The van der Waals surface area contributed by atoms with Crippen LogP contribution in [0.5, 0.6) is 5.75 Å². The summed E-state index contributed by atoms with van der Waals surface area (Å²) >= 11 is 6.38. The fourth-order valence-electron chi connectivity index (χ4n) is 4.67. The molecule has 0 bridgehead atoms. The van der Waals surface area contributed by atoms with Gasteiger partial charge in [-0.25, -0.2) is 14.4 Å². The van der Waals surface area contributed by atoms with Crippen molar-refractivity contribution in [2.75, 3.05) is 44.5 Å². The largest absolute Gasteiger partial charge is 0.494 e. The van der Waals surface area contributed by atoms with Crippen molar-refractivity contribution in [3.63, 3.8) is 0 Å². The van der Waals surface area contributed by atoms with Crippen LogP contribution in [0.4, 0.5) is 27.4 Å². The molecule has 0 unspecified atom stereocenters. The van der Waals surface area contributed by atoms with E-state index < -0.39 is 10.7 Å². The number of fused-ring (bicyclic) bond motifs is 1. The van der Waals surface area contributed by atoms with Crippen LogP contribution in [0.2, 0.25) is 5.02 Å². The van der Waals surface area contributed by atoms with Gasteiger partial charge in [0.1, 0.15) is 17.3 Å². The normalized spacial score (nSPS) is 15.5. The van der Waals surface area contributed by atoms with Crippen LogP contribution in [0.1, 0.15) is 6.42 Å². The smallest absolute Gasteiger partial charge is 0.294 e. The number of halogens is 2. The van der Waals surface area contributed by atoms with Gasteiger partial charge in [0.15, 0.2) is 0 Å². The highest BCUT2D eigenvalue weighted by Crippen LogP contribution is 2.41. The Hall–Kier alpha value is -3.96. The summed E-state index contributed by atoms with van der Waals surface area (Å²) in [6.07, 6.45) is 3.93. The molecule has 12 heteroatoms. The van der Waals surface area contributed by atoms with Gasteiger partial charge in [-0.3, -0.25) is 10.1 Å². The van der Waals surface area contributed by atoms with Crippen LogP contribution in [0.3, 0.4) is 0 Å². The van der Waals surface area contributed by atoms with Crippen LogP contribution < -0.4 is 15.0 Å². The molecule has 1 aliphatic heterocycles. The lowest BCUT2D eigenvalue weighted by atomic mass is 10.1. The van der Waals surface area contributed by atoms with Gasteiger partial charge in [-0.1, -0.05) is 17.7 Å². The fraction of sp³-hybridized carbons (Fsp3) is 0.280. The average Bonchev–Trinajstić information content (AvgIpc) is 3.53. The van der Waals surface area contributed by atoms with Crippen molar-refractivity contribution < 1.29 is 14.1 Å². The maximum Gasteiger partial charge on any atom is 0.294 e. The summed E-state index contributed by atoms with van der Waals surface area (Å²) in [6.45, 7) is 1.37. The van der Waals surface area contributed by atoms with Crippen molar-refractivity contribution in [2.45, 2.75) is 12.5 Å². The topological polar surface area (TPSA) is 112 Å². The van der Waals surface area contributed by atoms with E-state index in [4.69, 9.17) is 16.3 Å². The van der Waals surface area contributed by atoms with Gasteiger partial charge < -0.3 is 24.8 Å². The Bertz CT molecular complexity index is 1490. The van der Waals surface area contributed by atoms with Crippen molar-refractivity contribution >= 4 is 45.5 Å². The molecular weight excluding hydrogens is 501 g/mol. The average molecular weight is 526 g/mol. The van der Waals surface area contributed by atoms with Crippen LogP contribution in [0, 0.1) is 15.9 Å². The second kappa shape index (κ2) is 9.83. The van der Waals surface area contributed by atoms with Crippen LogP contribution in [-0.2, 0) is 0 Å². The third-order valence-electron chi connectivity index (χ3n) is 6.63. The number of anilines is 3. The standard InChI is InChI=1S/C25H25ClFN7O3/c1-32(2)14-7-8-33(13-14)20-10-22(37-3)19(9-21(20)34(35)36)30-25-29-12-16(26)24(31-25)15-11-28-18-6-4-5-17(27)23(15)18/h4-6,9-12,14,28H,7-8,13H2,1-3H3,(H,29,30,31)/t14-/m1/s1. The highest BCUT2D eigenvalue weighted by atomic mass is 35.5. The molecule has 10 nitrogen and oxygen atoms in total. The van der Waals surface area contributed by atoms with Gasteiger partial charge in [0.25, 0.3) is 5.69 Å². The number of hydrogen-bond donors (Lipinski definition) is 2. The maximum atomic E-state index is 14.6. The molecule has 2 aromatic carbocycles. The molecule has 2 N–H and O–H groups in total. The molecule has 192 valence electrons. The summed E-state index contributed by atoms with van der Waals surface area (Å²) in [7, 11) is 5.49. The first-order chi connectivity index (χ1) is 17.8. The molecular formula is C25H25ClFN7O3. The Morgan fingerprint density at radius 2 is 2.16 bits per heavy atom. The maximum absolute atomic E-state index is 14.6. The zero-order valence-electron chi connectivity index (χ0n) is 20.5. The first-order valence-electron chi connectivity index (χ1n) is 11.6. The molecule has 0 aliphatic carbocycles. The predicted molar refractivity (Wildman–Crippen MR) is 142 cm³/mol. The third-order valence-corrected chi connectivity index (χ3v) is 6.90. The quantitative estimate of drug-likeness (QED) is 0.249. The lowest BCUT2D eigenvalue weighted by Gasteiger charge is -2.22. The van der Waals surface area contributed by atoms with Gasteiger partial charge >= 0.3 is 0 Å². The minimum Gasteiger partial charge on any atom is -0.494 e. The zero-order chi connectivity index (χ0) is 26.3. The van der Waals surface area contributed by atoms with Gasteiger partial charge in [-0.15, -0.1) is 0 Å². The van der Waals surface area contributed by atoms with Crippen molar-refractivity contribution in [3.8, 4) is 17.0 Å². The van der Waals surface area contributed by atoms with Crippen molar-refractivity contribution in [1.29, 1.82) is 0 Å². The van der Waals surface area contributed by atoms with E-state index in [0.29, 0.717) is 58.4 Å². The van der Waals surface area contributed by atoms with E-state index >= 15 is 0 Å². The van der Waals surface area contributed by atoms with E-state index in [1.54, 1.807) is 24.4 Å². The van der Waals surface area contributed by atoms with Gasteiger partial charge in [0.2, 0.25) is 5.95 Å². The number of rotatable bonds is 7. The molecule has 0 saturated carbocycles. The Balaban J connectivity index is 1.52. The molecule has 1 fully saturated rings. The van der Waals surface area contributed by atoms with Crippen LogP contribution in [-0.4, -0.2) is 65.1 Å². The number of nitrogens with zero attached hydrogens (tertiary/aromatic N) is 5. The Morgan fingerprint density at radius 1 is 1.35 bits per heavy atom. The fourth-order valence-corrected chi connectivity index (χ4v) is 4.86. The van der Waals surface area contributed by atoms with Crippen molar-refractivity contribution in [3.05, 3.63) is 63.7 Å². The predicted octanol–water partition coefficient (Wildman–Crippen LogP) is 5.22. The number of nitro benzene ring substituents is 1. The minimum atomic E-state index is -0.413. The first-order valence-corrected chi connectivity index (χ1v) is 12.0. The second-order valence-corrected chi connectivity index (χ2v) is 9.44. The molecule has 37 heavy (non-hydrogen) atoms. The van der Waals surface area contributed by atoms with E-state index in [9.17, 15) is 14.5 Å². The molecule has 3 heterocycles. The number of aromatic amines is 1. The van der Waals surface area contributed by atoms with Crippen LogP contribution >= 0.6 is 11.6 Å². The van der Waals surface area contributed by atoms with E-state index in [0.717, 1.165) is 6.42 Å². The number of nitro groups is 1. The Morgan fingerprint density at radius 3 is 2.86 bits per heavy atom. The number of nitrogens with one attached hydrogen (secondary N) is 2. The number of benzene rings is 2. The van der Waals surface area contributed by atoms with E-state index in [2.05, 4.69) is 25.2 Å². The highest BCUT2D eigenvalue weighted by Gasteiger charge is 2.30. The lowest BCUT2D eigenvalue weighted by Crippen LogP contribution is -2.31. The van der Waals surface area contributed by atoms with Gasteiger partial charge in [-0.2, -0.15) is 0 Å². The zero-order valence-corrected chi connectivity index (χ0v) is 21.2. The number of likely N-dealkylation sites (N-methyl/N-ethyl adjacent to an activating group) is 1. The number of aromatic nitrogens is 3. The second-order valence-electron chi connectivity index (χ2n) is 9.03. The summed E-state index contributed by atoms with van der Waals surface area (Å²) < 4.78 is 20.2. The van der Waals surface area contributed by atoms with E-state index in [1.165, 1.54) is 25.4 Å². The van der Waals surface area contributed by atoms with Gasteiger partial charge in [0.05, 0.1) is 34.6 Å². The van der Waals surface area contributed by atoms with Crippen molar-refractivity contribution in [1.82, 2.24) is 19.9 Å². The van der Waals surface area contributed by atoms with Gasteiger partial charge in [0, 0.05) is 53.9 Å². The first kappa shape index (κ1) is 24.7. The van der Waals surface area contributed by atoms with E-state index in [1.807, 2.05) is 19.0 Å². The molecule has 5 rings (SSSR count). The Kier molecular flexibility index (Phi) is 6.57. The molecule has 2 aromatic heterocycles. The molecule has 1 saturated heterocycles. The number of ether oxygens (including phenoxy) is 1. The van der Waals surface area contributed by atoms with Crippen molar-refractivity contribution in [2.24, 2.45) is 0 Å². The molecule has 1 atom stereocenters. The third kappa shape index (κ3) is 4.63. The van der Waals surface area contributed by atoms with Crippen LogP contribution in [0.15, 0.2) is 42.7 Å². The SMILES string of the molecule is COc1cc(N2CC[C@@H](N(C)C)C2)c([N+](=O)[O-])cc1Nc1ncc(Cl)c(-c2c[nH]c3cccc(F)c23)n1. The highest BCUT2D eigenvalue weighted by molar-refractivity contribution is 6.33. The lowest BCUT2D eigenvalue weighted by molar-refractivity contribution is -0.384. The summed E-state index contributed by atoms with van der Waals surface area (Å²) in [4.78, 5) is 27.5. The summed E-state index contributed by atoms with van der Waals surface area (Å²) in [5.41, 5.74) is 2.14. The van der Waals surface area contributed by atoms with Gasteiger partial charge in [-0.05, 0) is 32.6 Å². The van der Waals surface area contributed by atoms with Crippen LogP contribution in [0.25, 0.3) is 22.2 Å². The molecule has 4 aromatic rings.